The number of halogens is 3. The molecule has 2 aromatic heterocycles. The number of methoxy groups -OCH3 is 1. The largest absolute Gasteiger partial charge is 0.496 e. The first-order chi connectivity index (χ1) is 13.9. The van der Waals surface area contributed by atoms with E-state index in [9.17, 15) is 13.2 Å². The van der Waals surface area contributed by atoms with Crippen LogP contribution in [-0.4, -0.2) is 26.9 Å². The lowest BCUT2D eigenvalue weighted by Crippen LogP contribution is -2.05. The number of aryl methyl sites for hydroxylation is 1. The normalized spacial score (nSPS) is 11.6. The molecule has 0 spiro atoms. The highest BCUT2D eigenvalue weighted by atomic mass is 19.4. The van der Waals surface area contributed by atoms with E-state index >= 15 is 0 Å². The number of rotatable bonds is 4. The molecule has 0 unspecified atom stereocenters. The second kappa shape index (κ2) is 7.08. The van der Waals surface area contributed by atoms with Crippen LogP contribution < -0.4 is 10.1 Å². The quantitative estimate of drug-likeness (QED) is 0.534. The van der Waals surface area contributed by atoms with Crippen LogP contribution in [0.4, 0.5) is 24.8 Å². The van der Waals surface area contributed by atoms with Gasteiger partial charge in [0.1, 0.15) is 11.4 Å². The van der Waals surface area contributed by atoms with Gasteiger partial charge in [0.05, 0.1) is 18.1 Å². The smallest absolute Gasteiger partial charge is 0.416 e. The summed E-state index contributed by atoms with van der Waals surface area (Å²) >= 11 is 0. The van der Waals surface area contributed by atoms with E-state index < -0.39 is 11.7 Å². The molecular formula is C20H16F3N5O. The number of ether oxygens (including phenoxy) is 1. The average Bonchev–Trinajstić information content (AvgIpc) is 3.03. The topological polar surface area (TPSA) is 64.9 Å². The highest BCUT2D eigenvalue weighted by Gasteiger charge is 2.32. The first-order valence-corrected chi connectivity index (χ1v) is 8.64. The van der Waals surface area contributed by atoms with Gasteiger partial charge in [-0.25, -0.2) is 9.67 Å². The van der Waals surface area contributed by atoms with Crippen molar-refractivity contribution in [3.05, 3.63) is 60.3 Å². The number of fused-ring (bicyclic) bond motifs is 1. The maximum Gasteiger partial charge on any atom is 0.416 e. The Bertz CT molecular complexity index is 1170. The minimum Gasteiger partial charge on any atom is -0.496 e. The molecule has 4 rings (SSSR count). The van der Waals surface area contributed by atoms with Gasteiger partial charge in [-0.05, 0) is 30.3 Å². The Morgan fingerprint density at radius 1 is 1.07 bits per heavy atom. The van der Waals surface area contributed by atoms with Gasteiger partial charge in [-0.3, -0.25) is 0 Å². The zero-order chi connectivity index (χ0) is 20.6. The molecule has 0 bridgehead atoms. The zero-order valence-electron chi connectivity index (χ0n) is 15.5. The molecule has 1 N–H and O–H groups in total. The van der Waals surface area contributed by atoms with E-state index in [1.807, 2.05) is 30.3 Å². The summed E-state index contributed by atoms with van der Waals surface area (Å²) in [6.07, 6.45) is -2.94. The van der Waals surface area contributed by atoms with E-state index in [1.165, 1.54) is 24.1 Å². The number of aromatic nitrogens is 4. The molecule has 148 valence electrons. The van der Waals surface area contributed by atoms with Gasteiger partial charge in [0, 0.05) is 24.5 Å². The van der Waals surface area contributed by atoms with Crippen LogP contribution in [0.25, 0.3) is 22.3 Å². The fraction of sp³-hybridized carbons (Fsp3) is 0.150. The summed E-state index contributed by atoms with van der Waals surface area (Å²) in [6.45, 7) is 0. The van der Waals surface area contributed by atoms with Gasteiger partial charge >= 0.3 is 6.18 Å². The number of nitrogens with one attached hydrogen (secondary N) is 1. The highest BCUT2D eigenvalue weighted by Crippen LogP contribution is 2.38. The van der Waals surface area contributed by atoms with Gasteiger partial charge in [0.25, 0.3) is 0 Å². The van der Waals surface area contributed by atoms with Crippen molar-refractivity contribution in [1.29, 1.82) is 0 Å². The van der Waals surface area contributed by atoms with Crippen molar-refractivity contribution in [3.63, 3.8) is 0 Å². The molecule has 6 nitrogen and oxygen atoms in total. The van der Waals surface area contributed by atoms with E-state index in [1.54, 1.807) is 7.05 Å². The van der Waals surface area contributed by atoms with Crippen molar-refractivity contribution >= 4 is 22.7 Å². The maximum absolute atomic E-state index is 13.2. The van der Waals surface area contributed by atoms with Crippen LogP contribution >= 0.6 is 0 Å². The van der Waals surface area contributed by atoms with Crippen molar-refractivity contribution < 1.29 is 17.9 Å². The van der Waals surface area contributed by atoms with Crippen LogP contribution in [0.15, 0.2) is 54.7 Å². The molecule has 0 aliphatic carbocycles. The predicted octanol–water partition coefficient (Wildman–Crippen LogP) is 4.80. The monoisotopic (exact) mass is 399 g/mol. The molecule has 0 saturated heterocycles. The van der Waals surface area contributed by atoms with Crippen molar-refractivity contribution in [2.75, 3.05) is 12.4 Å². The Morgan fingerprint density at radius 2 is 1.83 bits per heavy atom. The highest BCUT2D eigenvalue weighted by molar-refractivity contribution is 5.93. The fourth-order valence-corrected chi connectivity index (χ4v) is 3.02. The van der Waals surface area contributed by atoms with E-state index in [2.05, 4.69) is 20.4 Å². The molecule has 9 heteroatoms. The average molecular weight is 399 g/mol. The summed E-state index contributed by atoms with van der Waals surface area (Å²) in [5.74, 6) is 0.638. The predicted molar refractivity (Wildman–Crippen MR) is 103 cm³/mol. The van der Waals surface area contributed by atoms with Gasteiger partial charge in [-0.15, -0.1) is 0 Å². The zero-order valence-corrected chi connectivity index (χ0v) is 15.5. The second-order valence-corrected chi connectivity index (χ2v) is 6.31. The molecule has 0 radical (unpaired) electrons. The SMILES string of the molecule is COc1ccc(C(F)(F)F)cc1-c1nn(C)c2nc(Nc3ccccc3)ncc12. The maximum atomic E-state index is 13.2. The van der Waals surface area contributed by atoms with Gasteiger partial charge in [-0.1, -0.05) is 18.2 Å². The van der Waals surface area contributed by atoms with Crippen LogP contribution in [0.1, 0.15) is 5.56 Å². The minimum absolute atomic E-state index is 0.222. The third kappa shape index (κ3) is 3.58. The molecule has 0 fully saturated rings. The summed E-state index contributed by atoms with van der Waals surface area (Å²) in [6, 6.07) is 12.7. The molecule has 29 heavy (non-hydrogen) atoms. The number of nitrogens with zero attached hydrogens (tertiary/aromatic N) is 4. The number of para-hydroxylation sites is 1. The number of hydrogen-bond donors (Lipinski definition) is 1. The summed E-state index contributed by atoms with van der Waals surface area (Å²) in [4.78, 5) is 8.75. The third-order valence-electron chi connectivity index (χ3n) is 4.39. The third-order valence-corrected chi connectivity index (χ3v) is 4.39. The molecule has 4 aromatic rings. The Kier molecular flexibility index (Phi) is 4.57. The molecule has 0 atom stereocenters. The Labute approximate surface area is 164 Å². The van der Waals surface area contributed by atoms with Crippen molar-refractivity contribution in [1.82, 2.24) is 19.7 Å². The van der Waals surface area contributed by atoms with Gasteiger partial charge in [0.15, 0.2) is 5.65 Å². The lowest BCUT2D eigenvalue weighted by molar-refractivity contribution is -0.137. The fourth-order valence-electron chi connectivity index (χ4n) is 3.02. The Hall–Kier alpha value is -3.62. The molecule has 2 heterocycles. The van der Waals surface area contributed by atoms with Crippen LogP contribution in [0.3, 0.4) is 0 Å². The first-order valence-electron chi connectivity index (χ1n) is 8.64. The van der Waals surface area contributed by atoms with Gasteiger partial charge in [0.2, 0.25) is 5.95 Å². The summed E-state index contributed by atoms with van der Waals surface area (Å²) in [5, 5.41) is 7.98. The van der Waals surface area contributed by atoms with E-state index in [-0.39, 0.29) is 11.3 Å². The number of anilines is 2. The minimum atomic E-state index is -4.48. The van der Waals surface area contributed by atoms with Crippen LogP contribution in [0, 0.1) is 0 Å². The van der Waals surface area contributed by atoms with Gasteiger partial charge < -0.3 is 10.1 Å². The Balaban J connectivity index is 1.82. The lowest BCUT2D eigenvalue weighted by Gasteiger charge is -2.11. The van der Waals surface area contributed by atoms with Gasteiger partial charge in [-0.2, -0.15) is 23.3 Å². The van der Waals surface area contributed by atoms with Crippen LogP contribution in [0.2, 0.25) is 0 Å². The van der Waals surface area contributed by atoms with E-state index in [0.29, 0.717) is 22.7 Å². The Morgan fingerprint density at radius 3 is 2.52 bits per heavy atom. The van der Waals surface area contributed by atoms with E-state index in [4.69, 9.17) is 4.74 Å². The molecular weight excluding hydrogens is 383 g/mol. The molecule has 2 aromatic carbocycles. The number of hydrogen-bond acceptors (Lipinski definition) is 5. The van der Waals surface area contributed by atoms with Crippen molar-refractivity contribution in [2.45, 2.75) is 6.18 Å². The van der Waals surface area contributed by atoms with Crippen molar-refractivity contribution in [2.24, 2.45) is 7.05 Å². The molecule has 0 aliphatic rings. The second-order valence-electron chi connectivity index (χ2n) is 6.31. The molecule has 0 aliphatic heterocycles. The lowest BCUT2D eigenvalue weighted by atomic mass is 10.0. The molecule has 0 amide bonds. The van der Waals surface area contributed by atoms with Crippen molar-refractivity contribution in [3.8, 4) is 17.0 Å². The number of benzene rings is 2. The van der Waals surface area contributed by atoms with Crippen LogP contribution in [-0.2, 0) is 13.2 Å². The van der Waals surface area contributed by atoms with E-state index in [0.717, 1.165) is 17.8 Å². The van der Waals surface area contributed by atoms with Crippen LogP contribution in [0.5, 0.6) is 5.75 Å². The number of alkyl halides is 3. The summed E-state index contributed by atoms with van der Waals surface area (Å²) in [5.41, 5.74) is 1.05. The summed E-state index contributed by atoms with van der Waals surface area (Å²) in [7, 11) is 3.07. The standard InChI is InChI=1S/C20H16F3N5O/c1-28-18-15(11-24-19(26-18)25-13-6-4-3-5-7-13)17(27-28)14-10-12(20(21,22)23)8-9-16(14)29-2/h3-11H,1-2H3,(H,24,25,26). The molecule has 0 saturated carbocycles. The summed E-state index contributed by atoms with van der Waals surface area (Å²) < 4.78 is 46.4. The first kappa shape index (κ1) is 18.7.